The van der Waals surface area contributed by atoms with Crippen molar-refractivity contribution in [3.05, 3.63) is 43.5 Å². The Morgan fingerprint density at radius 3 is 1.65 bits per heavy atom. The van der Waals surface area contributed by atoms with Crippen LogP contribution in [0.25, 0.3) is 0 Å². The molecule has 0 aliphatic rings. The fourth-order valence-corrected chi connectivity index (χ4v) is 1.44. The molecule has 0 radical (unpaired) electrons. The molecule has 0 aromatic heterocycles. The highest BCUT2D eigenvalue weighted by atomic mass is 19.4. The Labute approximate surface area is 104 Å². The molecule has 12 heteroatoms. The number of benzene rings is 1. The molecule has 0 saturated carbocycles. The topological polar surface area (TPSA) is 86.3 Å². The van der Waals surface area contributed by atoms with Crippen molar-refractivity contribution in [2.75, 3.05) is 0 Å². The minimum atomic E-state index is -5.78. The van der Waals surface area contributed by atoms with Crippen molar-refractivity contribution in [2.45, 2.75) is 12.4 Å². The van der Waals surface area contributed by atoms with Crippen molar-refractivity contribution in [1.29, 1.82) is 0 Å². The number of rotatable bonds is 2. The maximum Gasteiger partial charge on any atom is 0.423 e. The Balaban J connectivity index is 3.91. The fraction of sp³-hybridized carbons (Fsp3) is 0.250. The predicted molar refractivity (Wildman–Crippen MR) is 49.8 cm³/mol. The molecule has 0 unspecified atom stereocenters. The van der Waals surface area contributed by atoms with Crippen molar-refractivity contribution in [3.8, 4) is 0 Å². The molecule has 0 saturated heterocycles. The molecular weight excluding hydrogens is 302 g/mol. The lowest BCUT2D eigenvalue weighted by Crippen LogP contribution is -2.19. The van der Waals surface area contributed by atoms with E-state index in [0.29, 0.717) is 0 Å². The molecule has 1 rings (SSSR count). The van der Waals surface area contributed by atoms with Crippen molar-refractivity contribution >= 4 is 11.4 Å². The monoisotopic (exact) mass is 304 g/mol. The van der Waals surface area contributed by atoms with Crippen molar-refractivity contribution in [2.24, 2.45) is 0 Å². The summed E-state index contributed by atoms with van der Waals surface area (Å²) in [5.41, 5.74) is -8.96. The lowest BCUT2D eigenvalue weighted by atomic mass is 10.0. The standard InChI is InChI=1S/C8H2F6N2O4/c9-7(10,11)3-1-2-4(15(17)18)6(16(19)20)5(3)8(12,13)14/h1-2H. The first-order chi connectivity index (χ1) is 8.87. The van der Waals surface area contributed by atoms with Gasteiger partial charge in [0.1, 0.15) is 0 Å². The lowest BCUT2D eigenvalue weighted by molar-refractivity contribution is -0.424. The Bertz CT molecular complexity index is 580. The third-order valence-electron chi connectivity index (χ3n) is 2.12. The smallest absolute Gasteiger partial charge is 0.258 e. The van der Waals surface area contributed by atoms with Gasteiger partial charge in [-0.05, 0) is 6.07 Å². The number of nitro groups is 2. The number of hydrogen-bond acceptors (Lipinski definition) is 4. The van der Waals surface area contributed by atoms with Crippen LogP contribution in [0.1, 0.15) is 11.1 Å². The van der Waals surface area contributed by atoms with Crippen LogP contribution in [0.3, 0.4) is 0 Å². The van der Waals surface area contributed by atoms with Gasteiger partial charge in [0.2, 0.25) is 0 Å². The highest BCUT2D eigenvalue weighted by molar-refractivity contribution is 5.62. The zero-order valence-corrected chi connectivity index (χ0v) is 8.95. The molecule has 0 aliphatic carbocycles. The highest BCUT2D eigenvalue weighted by Crippen LogP contribution is 2.47. The minimum absolute atomic E-state index is 0.0101. The Morgan fingerprint density at radius 1 is 0.850 bits per heavy atom. The van der Waals surface area contributed by atoms with Gasteiger partial charge >= 0.3 is 23.7 Å². The van der Waals surface area contributed by atoms with Crippen LogP contribution < -0.4 is 0 Å². The van der Waals surface area contributed by atoms with Crippen LogP contribution in [0.15, 0.2) is 12.1 Å². The third-order valence-corrected chi connectivity index (χ3v) is 2.12. The van der Waals surface area contributed by atoms with Gasteiger partial charge in [0.25, 0.3) is 0 Å². The van der Waals surface area contributed by atoms with Gasteiger partial charge < -0.3 is 0 Å². The van der Waals surface area contributed by atoms with Gasteiger partial charge in [-0.1, -0.05) is 0 Å². The second kappa shape index (κ2) is 4.61. The van der Waals surface area contributed by atoms with Crippen molar-refractivity contribution in [1.82, 2.24) is 0 Å². The Morgan fingerprint density at radius 2 is 1.35 bits per heavy atom. The third kappa shape index (κ3) is 2.78. The first kappa shape index (κ1) is 15.7. The van der Waals surface area contributed by atoms with Gasteiger partial charge in [-0.2, -0.15) is 26.3 Å². The number of nitrogens with zero attached hydrogens (tertiary/aromatic N) is 2. The molecule has 0 fully saturated rings. The quantitative estimate of drug-likeness (QED) is 0.475. The average molecular weight is 304 g/mol. The maximum absolute atomic E-state index is 12.6. The summed E-state index contributed by atoms with van der Waals surface area (Å²) in [7, 11) is 0. The van der Waals surface area contributed by atoms with Crippen LogP contribution in [-0.4, -0.2) is 9.85 Å². The molecule has 0 aliphatic heterocycles. The second-order valence-electron chi connectivity index (χ2n) is 3.37. The number of alkyl halides is 6. The van der Waals surface area contributed by atoms with Crippen LogP contribution in [0.4, 0.5) is 37.7 Å². The summed E-state index contributed by atoms with van der Waals surface area (Å²) in [5, 5.41) is 20.9. The molecule has 0 heterocycles. The van der Waals surface area contributed by atoms with Gasteiger partial charge in [-0.3, -0.25) is 20.2 Å². The van der Waals surface area contributed by atoms with E-state index in [1.165, 1.54) is 0 Å². The molecule has 0 atom stereocenters. The first-order valence-corrected chi connectivity index (χ1v) is 4.47. The second-order valence-corrected chi connectivity index (χ2v) is 3.37. The van der Waals surface area contributed by atoms with Gasteiger partial charge in [0, 0.05) is 6.07 Å². The molecule has 6 nitrogen and oxygen atoms in total. The van der Waals surface area contributed by atoms with E-state index in [-0.39, 0.29) is 12.1 Å². The van der Waals surface area contributed by atoms with Crippen molar-refractivity contribution < 1.29 is 36.2 Å². The van der Waals surface area contributed by atoms with E-state index in [1.807, 2.05) is 0 Å². The normalized spacial score (nSPS) is 12.3. The highest BCUT2D eigenvalue weighted by Gasteiger charge is 2.51. The summed E-state index contributed by atoms with van der Waals surface area (Å²) < 4.78 is 75.2. The molecule has 0 N–H and O–H groups in total. The molecule has 0 spiro atoms. The van der Waals surface area contributed by atoms with Gasteiger partial charge in [-0.25, -0.2) is 0 Å². The minimum Gasteiger partial charge on any atom is -0.258 e. The van der Waals surface area contributed by atoms with E-state index in [2.05, 4.69) is 0 Å². The van der Waals surface area contributed by atoms with Crippen LogP contribution in [0, 0.1) is 20.2 Å². The predicted octanol–water partition coefficient (Wildman–Crippen LogP) is 3.54. The van der Waals surface area contributed by atoms with Gasteiger partial charge in [0.05, 0.1) is 15.4 Å². The van der Waals surface area contributed by atoms with E-state index >= 15 is 0 Å². The SMILES string of the molecule is O=[N+]([O-])c1ccc(C(F)(F)F)c(C(F)(F)F)c1[N+](=O)[O-]. The van der Waals surface area contributed by atoms with Gasteiger partial charge in [0.15, 0.2) is 5.56 Å². The molecule has 1 aromatic rings. The van der Waals surface area contributed by atoms with E-state index in [9.17, 15) is 46.6 Å². The Kier molecular flexibility index (Phi) is 3.61. The summed E-state index contributed by atoms with van der Waals surface area (Å²) in [4.78, 5) is 17.5. The first-order valence-electron chi connectivity index (χ1n) is 4.47. The number of halogens is 6. The molecule has 20 heavy (non-hydrogen) atoms. The summed E-state index contributed by atoms with van der Waals surface area (Å²) in [6.07, 6.45) is -11.3. The zero-order chi connectivity index (χ0) is 15.9. The van der Waals surface area contributed by atoms with Crippen LogP contribution in [0.2, 0.25) is 0 Å². The Hall–Kier alpha value is -2.40. The number of nitro benzene ring substituents is 2. The molecule has 0 bridgehead atoms. The molecule has 110 valence electrons. The van der Waals surface area contributed by atoms with E-state index in [0.717, 1.165) is 0 Å². The molecule has 1 aromatic carbocycles. The van der Waals surface area contributed by atoms with E-state index in [4.69, 9.17) is 0 Å². The van der Waals surface area contributed by atoms with E-state index < -0.39 is 44.7 Å². The van der Waals surface area contributed by atoms with E-state index in [1.54, 1.807) is 0 Å². The lowest BCUT2D eigenvalue weighted by Gasteiger charge is -2.14. The largest absolute Gasteiger partial charge is 0.423 e. The molecular formula is C8H2F6N2O4. The molecule has 0 amide bonds. The fourth-order valence-electron chi connectivity index (χ4n) is 1.44. The summed E-state index contributed by atoms with van der Waals surface area (Å²) in [6.45, 7) is 0. The van der Waals surface area contributed by atoms with Crippen LogP contribution in [-0.2, 0) is 12.4 Å². The van der Waals surface area contributed by atoms with Crippen molar-refractivity contribution in [3.63, 3.8) is 0 Å². The van der Waals surface area contributed by atoms with Crippen LogP contribution >= 0.6 is 0 Å². The maximum atomic E-state index is 12.6. The summed E-state index contributed by atoms with van der Waals surface area (Å²) in [5.74, 6) is 0. The van der Waals surface area contributed by atoms with Gasteiger partial charge in [-0.15, -0.1) is 0 Å². The average Bonchev–Trinajstić information content (AvgIpc) is 2.24. The summed E-state index contributed by atoms with van der Waals surface area (Å²) >= 11 is 0. The summed E-state index contributed by atoms with van der Waals surface area (Å²) in [6, 6.07) is -0.204. The zero-order valence-electron chi connectivity index (χ0n) is 8.95. The number of hydrogen-bond donors (Lipinski definition) is 0. The van der Waals surface area contributed by atoms with Crippen LogP contribution in [0.5, 0.6) is 0 Å².